The van der Waals surface area contributed by atoms with Crippen molar-refractivity contribution in [3.8, 4) is 11.5 Å². The Morgan fingerprint density at radius 1 is 1.07 bits per heavy atom. The molecule has 0 aliphatic rings. The van der Waals surface area contributed by atoms with E-state index < -0.39 is 11.8 Å². The Balaban J connectivity index is 2.11. The van der Waals surface area contributed by atoms with Crippen molar-refractivity contribution in [3.05, 3.63) is 45.9 Å². The zero-order valence-electron chi connectivity index (χ0n) is 16.5. The van der Waals surface area contributed by atoms with E-state index in [0.717, 1.165) is 12.8 Å². The summed E-state index contributed by atoms with van der Waals surface area (Å²) in [7, 11) is 0. The summed E-state index contributed by atoms with van der Waals surface area (Å²) < 4.78 is 16.6. The van der Waals surface area contributed by atoms with E-state index in [4.69, 9.17) is 25.5 Å². The molecule has 0 aliphatic heterocycles. The van der Waals surface area contributed by atoms with E-state index in [9.17, 15) is 9.59 Å². The van der Waals surface area contributed by atoms with Crippen LogP contribution in [0.4, 0.5) is 0 Å². The fraction of sp³-hybridized carbons (Fsp3) is 0.400. The molecule has 7 nitrogen and oxygen atoms in total. The monoisotopic (exact) mass is 408 g/mol. The van der Waals surface area contributed by atoms with Gasteiger partial charge in [-0.05, 0) is 45.4 Å². The number of carbonyl (C=O) groups excluding carboxylic acids is 2. The molecule has 152 valence electrons. The van der Waals surface area contributed by atoms with Gasteiger partial charge in [0.05, 0.1) is 23.8 Å². The number of furan rings is 1. The lowest BCUT2D eigenvalue weighted by atomic mass is 10.2. The van der Waals surface area contributed by atoms with Crippen LogP contribution in [-0.2, 0) is 0 Å². The predicted octanol–water partition coefficient (Wildman–Crippen LogP) is 4.20. The maximum atomic E-state index is 12.4. The lowest BCUT2D eigenvalue weighted by Gasteiger charge is -2.15. The summed E-state index contributed by atoms with van der Waals surface area (Å²) in [6.45, 7) is 8.19. The van der Waals surface area contributed by atoms with Crippen LogP contribution < -0.4 is 20.3 Å². The van der Waals surface area contributed by atoms with Crippen molar-refractivity contribution in [2.45, 2.75) is 40.5 Å². The normalized spacial score (nSPS) is 10.5. The minimum absolute atomic E-state index is 0.233. The lowest BCUT2D eigenvalue weighted by Crippen LogP contribution is -2.41. The van der Waals surface area contributed by atoms with E-state index in [1.807, 2.05) is 6.92 Å². The van der Waals surface area contributed by atoms with E-state index in [0.29, 0.717) is 41.8 Å². The quantitative estimate of drug-likeness (QED) is 0.504. The van der Waals surface area contributed by atoms with Gasteiger partial charge < -0.3 is 13.9 Å². The van der Waals surface area contributed by atoms with Crippen molar-refractivity contribution < 1.29 is 23.5 Å². The van der Waals surface area contributed by atoms with Crippen molar-refractivity contribution in [2.75, 3.05) is 13.2 Å². The molecule has 0 saturated carbocycles. The maximum absolute atomic E-state index is 12.4. The molecule has 0 spiro atoms. The highest BCUT2D eigenvalue weighted by Crippen LogP contribution is 2.36. The Kier molecular flexibility index (Phi) is 7.75. The smallest absolute Gasteiger partial charge is 0.273 e. The van der Waals surface area contributed by atoms with Gasteiger partial charge in [0.1, 0.15) is 11.5 Å². The van der Waals surface area contributed by atoms with Gasteiger partial charge in [-0.3, -0.25) is 20.4 Å². The lowest BCUT2D eigenvalue weighted by molar-refractivity contribution is 0.0845. The Morgan fingerprint density at radius 3 is 2.39 bits per heavy atom. The Bertz CT molecular complexity index is 847. The average Bonchev–Trinajstić information content (AvgIpc) is 2.99. The first-order valence-electron chi connectivity index (χ1n) is 9.14. The SMILES string of the molecule is CCCCOc1c(Cl)cc(C(=O)NNC(=O)c2cc(C)oc2C)cc1OCC. The van der Waals surface area contributed by atoms with Crippen LogP contribution in [0.2, 0.25) is 5.02 Å². The molecule has 2 aromatic rings. The molecule has 8 heteroatoms. The van der Waals surface area contributed by atoms with Gasteiger partial charge in [-0.15, -0.1) is 0 Å². The minimum Gasteiger partial charge on any atom is -0.490 e. The van der Waals surface area contributed by atoms with Gasteiger partial charge >= 0.3 is 0 Å². The molecule has 0 bridgehead atoms. The summed E-state index contributed by atoms with van der Waals surface area (Å²) in [5, 5.41) is 0.264. The van der Waals surface area contributed by atoms with Gasteiger partial charge in [-0.25, -0.2) is 0 Å². The molecule has 0 radical (unpaired) electrons. The van der Waals surface area contributed by atoms with Gasteiger partial charge in [0, 0.05) is 5.56 Å². The number of unbranched alkanes of at least 4 members (excludes halogenated alkanes) is 1. The van der Waals surface area contributed by atoms with Crippen LogP contribution >= 0.6 is 11.6 Å². The topological polar surface area (TPSA) is 89.8 Å². The Morgan fingerprint density at radius 2 is 1.79 bits per heavy atom. The summed E-state index contributed by atoms with van der Waals surface area (Å²) in [5.74, 6) is 0.860. The van der Waals surface area contributed by atoms with Crippen LogP contribution in [-0.4, -0.2) is 25.0 Å². The Hall–Kier alpha value is -2.67. The van der Waals surface area contributed by atoms with E-state index in [1.54, 1.807) is 19.9 Å². The largest absolute Gasteiger partial charge is 0.490 e. The number of aryl methyl sites for hydroxylation is 2. The van der Waals surface area contributed by atoms with Crippen LogP contribution in [0.5, 0.6) is 11.5 Å². The predicted molar refractivity (Wildman–Crippen MR) is 106 cm³/mol. The summed E-state index contributed by atoms with van der Waals surface area (Å²) >= 11 is 6.29. The molecule has 1 heterocycles. The number of benzene rings is 1. The van der Waals surface area contributed by atoms with Gasteiger partial charge in [0.2, 0.25) is 0 Å². The van der Waals surface area contributed by atoms with Crippen LogP contribution in [0.15, 0.2) is 22.6 Å². The first-order chi connectivity index (χ1) is 13.4. The zero-order valence-corrected chi connectivity index (χ0v) is 17.2. The van der Waals surface area contributed by atoms with E-state index in [-0.39, 0.29) is 10.6 Å². The van der Waals surface area contributed by atoms with Crippen molar-refractivity contribution >= 4 is 23.4 Å². The number of nitrogens with one attached hydrogen (secondary N) is 2. The van der Waals surface area contributed by atoms with Crippen LogP contribution in [0, 0.1) is 13.8 Å². The number of carbonyl (C=O) groups is 2. The molecule has 0 unspecified atom stereocenters. The molecule has 0 atom stereocenters. The summed E-state index contributed by atoms with van der Waals surface area (Å²) in [5.41, 5.74) is 5.32. The summed E-state index contributed by atoms with van der Waals surface area (Å²) in [4.78, 5) is 24.6. The molecule has 2 rings (SSSR count). The average molecular weight is 409 g/mol. The Labute approximate surface area is 169 Å². The molecule has 0 saturated heterocycles. The van der Waals surface area contributed by atoms with E-state index >= 15 is 0 Å². The molecule has 1 aromatic carbocycles. The maximum Gasteiger partial charge on any atom is 0.273 e. The number of hydrogen-bond acceptors (Lipinski definition) is 5. The third-order valence-corrected chi connectivity index (χ3v) is 4.17. The van der Waals surface area contributed by atoms with Crippen molar-refractivity contribution in [3.63, 3.8) is 0 Å². The van der Waals surface area contributed by atoms with E-state index in [2.05, 4.69) is 17.8 Å². The minimum atomic E-state index is -0.533. The second kappa shape index (κ2) is 10.0. The van der Waals surface area contributed by atoms with E-state index in [1.165, 1.54) is 12.1 Å². The molecule has 1 aromatic heterocycles. The third kappa shape index (κ3) is 5.42. The fourth-order valence-corrected chi connectivity index (χ4v) is 2.80. The van der Waals surface area contributed by atoms with Crippen molar-refractivity contribution in [2.24, 2.45) is 0 Å². The number of hydrazine groups is 1. The zero-order chi connectivity index (χ0) is 20.7. The number of ether oxygens (including phenoxy) is 2. The molecule has 0 fully saturated rings. The summed E-state index contributed by atoms with van der Waals surface area (Å²) in [6.07, 6.45) is 1.86. The molecule has 0 aliphatic carbocycles. The first-order valence-corrected chi connectivity index (χ1v) is 9.52. The standard InChI is InChI=1S/C20H25ClN2O5/c1-5-7-8-27-18-16(21)10-14(11-17(18)26-6-2)19(24)22-23-20(25)15-9-12(3)28-13(15)4/h9-11H,5-8H2,1-4H3,(H,22,24)(H,23,25). The van der Waals surface area contributed by atoms with Gasteiger partial charge in [0.25, 0.3) is 11.8 Å². The van der Waals surface area contributed by atoms with Gasteiger partial charge in [0.15, 0.2) is 11.5 Å². The highest BCUT2D eigenvalue weighted by Gasteiger charge is 2.18. The first kappa shape index (κ1) is 21.6. The number of amides is 2. The number of halogens is 1. The second-order valence-corrected chi connectivity index (χ2v) is 6.56. The van der Waals surface area contributed by atoms with Gasteiger partial charge in [-0.1, -0.05) is 24.9 Å². The van der Waals surface area contributed by atoms with Crippen molar-refractivity contribution in [1.29, 1.82) is 0 Å². The van der Waals surface area contributed by atoms with Gasteiger partial charge in [-0.2, -0.15) is 0 Å². The fourth-order valence-electron chi connectivity index (χ4n) is 2.53. The van der Waals surface area contributed by atoms with Crippen molar-refractivity contribution in [1.82, 2.24) is 10.9 Å². The second-order valence-electron chi connectivity index (χ2n) is 6.16. The van der Waals surface area contributed by atoms with Crippen LogP contribution in [0.1, 0.15) is 58.9 Å². The highest BCUT2D eigenvalue weighted by molar-refractivity contribution is 6.32. The van der Waals surface area contributed by atoms with Crippen LogP contribution in [0.25, 0.3) is 0 Å². The third-order valence-electron chi connectivity index (χ3n) is 3.89. The molecule has 2 N–H and O–H groups in total. The molecular formula is C20H25ClN2O5. The number of rotatable bonds is 8. The molecule has 2 amide bonds. The van der Waals surface area contributed by atoms with Crippen LogP contribution in [0.3, 0.4) is 0 Å². The molecule has 28 heavy (non-hydrogen) atoms. The summed E-state index contributed by atoms with van der Waals surface area (Å²) in [6, 6.07) is 4.61. The highest BCUT2D eigenvalue weighted by atomic mass is 35.5. The molecular weight excluding hydrogens is 384 g/mol. The number of hydrogen-bond donors (Lipinski definition) is 2.